The number of aliphatic hydroxyl groups is 15. The van der Waals surface area contributed by atoms with E-state index in [2.05, 4.69) is 16.0 Å². The number of hydrogen-bond acceptors (Lipinski definition) is 28. The van der Waals surface area contributed by atoms with Gasteiger partial charge in [0.25, 0.3) is 0 Å². The van der Waals surface area contributed by atoms with Gasteiger partial charge in [0.2, 0.25) is 18.2 Å². The molecule has 5 rings (SSSR count). The van der Waals surface area contributed by atoms with Gasteiger partial charge >= 0.3 is 0 Å². The second-order valence-electron chi connectivity index (χ2n) is 16.9. The molecule has 0 aromatic carbocycles. The summed E-state index contributed by atoms with van der Waals surface area (Å²) in [6, 6.07) is -4.20. The van der Waals surface area contributed by atoms with E-state index in [9.17, 15) is 91.0 Å². The maximum atomic E-state index is 12.5. The van der Waals surface area contributed by atoms with Gasteiger partial charge < -0.3 is 140 Å². The Morgan fingerprint density at radius 3 is 1.32 bits per heavy atom. The summed E-state index contributed by atoms with van der Waals surface area (Å²) >= 11 is 0. The summed E-state index contributed by atoms with van der Waals surface area (Å²) < 4.78 is 56.9. The minimum Gasteiger partial charge on any atom is -0.394 e. The van der Waals surface area contributed by atoms with Gasteiger partial charge in [0.1, 0.15) is 122 Å². The van der Waals surface area contributed by atoms with Crippen LogP contribution in [0.4, 0.5) is 0 Å². The molecule has 0 aromatic heterocycles. The van der Waals surface area contributed by atoms with E-state index < -0.39 is 218 Å². The fraction of sp³-hybridized carbons (Fsp3) is 0.921. The first-order chi connectivity index (χ1) is 32.8. The van der Waals surface area contributed by atoms with Crippen molar-refractivity contribution in [2.75, 3.05) is 46.2 Å². The van der Waals surface area contributed by atoms with Crippen molar-refractivity contribution >= 4 is 18.2 Å². The van der Waals surface area contributed by atoms with Crippen molar-refractivity contribution in [2.24, 2.45) is 0 Å². The largest absolute Gasteiger partial charge is 0.394 e. The molecule has 5 heterocycles. The number of nitrogens with one attached hydrogen (secondary N) is 3. The fourth-order valence-electron chi connectivity index (χ4n) is 8.42. The molecule has 0 aromatic rings. The van der Waals surface area contributed by atoms with Crippen LogP contribution in [0.2, 0.25) is 0 Å². The molecule has 5 fully saturated rings. The Morgan fingerprint density at radius 1 is 0.464 bits per heavy atom. The Labute approximate surface area is 391 Å². The number of hydrogen-bond donors (Lipinski definition) is 18. The zero-order valence-corrected chi connectivity index (χ0v) is 37.1. The molecule has 0 saturated carbocycles. The maximum Gasteiger partial charge on any atom is 0.217 e. The average molecular weight is 1010 g/mol. The lowest BCUT2D eigenvalue weighted by atomic mass is 9.94. The van der Waals surface area contributed by atoms with Crippen molar-refractivity contribution in [1.29, 1.82) is 0 Å². The second kappa shape index (κ2) is 25.9. The Bertz CT molecular complexity index is 1610. The summed E-state index contributed by atoms with van der Waals surface area (Å²) in [6.07, 6.45) is -41.9. The maximum absolute atomic E-state index is 12.5. The van der Waals surface area contributed by atoms with Crippen LogP contribution >= 0.6 is 0 Å². The van der Waals surface area contributed by atoms with Gasteiger partial charge in [-0.2, -0.15) is 0 Å². The van der Waals surface area contributed by atoms with Gasteiger partial charge in [0.05, 0.1) is 52.3 Å². The summed E-state index contributed by atoms with van der Waals surface area (Å²) in [6.45, 7) is -3.59. The van der Waals surface area contributed by atoms with Crippen LogP contribution in [0.3, 0.4) is 0 Å². The highest BCUT2D eigenvalue weighted by atomic mass is 16.8. The summed E-state index contributed by atoms with van der Waals surface area (Å²) in [5.74, 6) is -1.54. The van der Waals surface area contributed by atoms with Crippen LogP contribution in [0.5, 0.6) is 0 Å². The average Bonchev–Trinajstić information content (AvgIpc) is 3.32. The predicted molar refractivity (Wildman–Crippen MR) is 214 cm³/mol. The van der Waals surface area contributed by atoms with Crippen LogP contribution in [-0.2, 0) is 61.8 Å². The second-order valence-corrected chi connectivity index (χ2v) is 16.9. The molecule has 0 spiro atoms. The van der Waals surface area contributed by atoms with Crippen LogP contribution in [0, 0.1) is 0 Å². The zero-order valence-electron chi connectivity index (χ0n) is 37.1. The van der Waals surface area contributed by atoms with Crippen molar-refractivity contribution in [3.8, 4) is 0 Å². The van der Waals surface area contributed by atoms with Crippen molar-refractivity contribution in [2.45, 2.75) is 173 Å². The van der Waals surface area contributed by atoms with E-state index in [0.717, 1.165) is 13.8 Å². The van der Waals surface area contributed by atoms with Crippen LogP contribution in [0.15, 0.2) is 0 Å². The van der Waals surface area contributed by atoms with E-state index in [0.29, 0.717) is 0 Å². The lowest BCUT2D eigenvalue weighted by Crippen LogP contribution is -2.70. The number of carbonyl (C=O) groups is 3. The molecule has 26 atom stereocenters. The first-order valence-electron chi connectivity index (χ1n) is 21.8. The molecule has 31 nitrogen and oxygen atoms in total. The van der Waals surface area contributed by atoms with Gasteiger partial charge in [0.15, 0.2) is 31.5 Å². The standard InChI is InChI=1S/C38H65N3O28/c1-11(49)40-19-23(53)21(51)14(4-43)61-34(19)66-31-18(8-47)65-37(28(58)26(31)56)67-30-16(6-45)63-35(20(24(30)54)41-12(2)50)69-33-22(52)15(5-44)62-38(29(33)59)68-32-17(7-46)64-36(27(57)25(32)55)60-9-13(3-42)39-10-48/h10,13-38,42-47,51-59H,3-9H2,1-2H3,(H,39,48)(H,40,49)(H,41,50)/t13-,14-,15-,16-,17-,18-,19-,20-,21+,22+,23-,24-,25-,26-,27-,28-,29-,30-,31+,32-,33+,34+,35+,36-,37+,38+/m1/s1. The predicted octanol–water partition coefficient (Wildman–Crippen LogP) is -12.5. The Morgan fingerprint density at radius 2 is 0.841 bits per heavy atom. The van der Waals surface area contributed by atoms with Gasteiger partial charge in [-0.1, -0.05) is 0 Å². The van der Waals surface area contributed by atoms with E-state index in [4.69, 9.17) is 47.4 Å². The third kappa shape index (κ3) is 13.2. The summed E-state index contributed by atoms with van der Waals surface area (Å²) in [4.78, 5) is 35.2. The molecule has 0 aliphatic carbocycles. The molecule has 69 heavy (non-hydrogen) atoms. The molecular formula is C38H65N3O28. The number of rotatable bonds is 21. The van der Waals surface area contributed by atoms with Crippen molar-refractivity contribution < 1.29 is 138 Å². The minimum atomic E-state index is -2.13. The first-order valence-corrected chi connectivity index (χ1v) is 21.8. The van der Waals surface area contributed by atoms with E-state index in [-0.39, 0.29) is 6.41 Å². The molecule has 0 bridgehead atoms. The summed E-state index contributed by atoms with van der Waals surface area (Å²) in [7, 11) is 0. The van der Waals surface area contributed by atoms with E-state index in [1.165, 1.54) is 0 Å². The quantitative estimate of drug-likeness (QED) is 0.0475. The molecule has 0 unspecified atom stereocenters. The van der Waals surface area contributed by atoms with Crippen LogP contribution in [0.1, 0.15) is 13.8 Å². The topological polar surface area (TPSA) is 483 Å². The normalized spacial score (nSPS) is 45.6. The highest BCUT2D eigenvalue weighted by Crippen LogP contribution is 2.36. The number of aliphatic hydroxyl groups excluding tert-OH is 15. The molecular weight excluding hydrogens is 946 g/mol. The van der Waals surface area contributed by atoms with Gasteiger partial charge in [-0.15, -0.1) is 0 Å². The number of amides is 3. The molecule has 0 radical (unpaired) electrons. The molecule has 3 amide bonds. The Hall–Kier alpha value is -2.59. The molecule has 5 aliphatic rings. The van der Waals surface area contributed by atoms with Crippen LogP contribution in [0.25, 0.3) is 0 Å². The lowest BCUT2D eigenvalue weighted by Gasteiger charge is -2.50. The third-order valence-corrected chi connectivity index (χ3v) is 12.1. The molecule has 18 N–H and O–H groups in total. The van der Waals surface area contributed by atoms with Gasteiger partial charge in [0, 0.05) is 13.8 Å². The number of ether oxygens (including phenoxy) is 10. The summed E-state index contributed by atoms with van der Waals surface area (Å²) in [5.41, 5.74) is 0. The van der Waals surface area contributed by atoms with Crippen molar-refractivity contribution in [3.05, 3.63) is 0 Å². The Balaban J connectivity index is 1.31. The van der Waals surface area contributed by atoms with Gasteiger partial charge in [-0.25, -0.2) is 0 Å². The third-order valence-electron chi connectivity index (χ3n) is 12.1. The van der Waals surface area contributed by atoms with E-state index in [1.807, 2.05) is 0 Å². The van der Waals surface area contributed by atoms with E-state index >= 15 is 0 Å². The van der Waals surface area contributed by atoms with Crippen LogP contribution in [-0.4, -0.2) is 301 Å². The molecule has 5 aliphatic heterocycles. The minimum absolute atomic E-state index is 0.286. The zero-order chi connectivity index (χ0) is 51.0. The fourth-order valence-corrected chi connectivity index (χ4v) is 8.42. The van der Waals surface area contributed by atoms with Crippen LogP contribution < -0.4 is 16.0 Å². The lowest BCUT2D eigenvalue weighted by molar-refractivity contribution is -0.384. The van der Waals surface area contributed by atoms with E-state index in [1.54, 1.807) is 0 Å². The smallest absolute Gasteiger partial charge is 0.217 e. The summed E-state index contributed by atoms with van der Waals surface area (Å²) in [5, 5.41) is 167. The highest BCUT2D eigenvalue weighted by molar-refractivity contribution is 5.73. The monoisotopic (exact) mass is 1010 g/mol. The Kier molecular flexibility index (Phi) is 21.5. The van der Waals surface area contributed by atoms with Crippen molar-refractivity contribution in [1.82, 2.24) is 16.0 Å². The number of carbonyl (C=O) groups excluding carboxylic acids is 3. The van der Waals surface area contributed by atoms with Gasteiger partial charge in [-0.05, 0) is 0 Å². The molecule has 5 saturated heterocycles. The van der Waals surface area contributed by atoms with Crippen molar-refractivity contribution in [3.63, 3.8) is 0 Å². The highest BCUT2D eigenvalue weighted by Gasteiger charge is 2.57. The SMILES string of the molecule is CC(=O)N[C@H]1[C@H](O[C@H]2[C@@H](O)[C@@H](CO)O[C@@H](O[C@H]3[C@H](O)[C@@H](O)[C@H](OC[C@@H](CO)NC=O)O[C@@H]3CO)[C@@H]2O)O[C@H](CO)[C@@H](O[C@@H]2O[C@H](CO)[C@H](O[C@@H]3O[C@H](CO)[C@H](O)[C@H](O)[C@H]3NC(C)=O)[C@H](O)[C@H]2O)[C@@H]1O. The van der Waals surface area contributed by atoms with Gasteiger partial charge in [-0.3, -0.25) is 14.4 Å². The first kappa shape index (κ1) is 57.3. The molecule has 31 heteroatoms. The molecule has 400 valence electrons.